The van der Waals surface area contributed by atoms with E-state index in [0.717, 1.165) is 27.2 Å². The fourth-order valence-electron chi connectivity index (χ4n) is 4.64. The van der Waals surface area contributed by atoms with Crippen LogP contribution in [0.5, 0.6) is 23.0 Å². The van der Waals surface area contributed by atoms with E-state index in [2.05, 4.69) is 0 Å². The van der Waals surface area contributed by atoms with Crippen molar-refractivity contribution in [2.24, 2.45) is 0 Å². The minimum absolute atomic E-state index is 0.0246. The number of amides is 1. The zero-order valence-electron chi connectivity index (χ0n) is 24.6. The highest BCUT2D eigenvalue weighted by atomic mass is 16.5. The SMILES string of the molecule is [2H]C([2H])(CCN1CCc2cc(OC)c(OC)cc2CC1=O)N(C)C([2H])([2H])[C@H]1Cc2cc(OC)c(OC)cc21. The molecule has 0 N–H and O–H groups in total. The topological polar surface area (TPSA) is 60.5 Å². The number of carbonyl (C=O) groups excluding carboxylic acids is 1. The molecule has 1 aliphatic heterocycles. The Morgan fingerprint density at radius 2 is 1.53 bits per heavy atom. The highest BCUT2D eigenvalue weighted by molar-refractivity contribution is 5.80. The molecule has 1 amide bonds. The van der Waals surface area contributed by atoms with Gasteiger partial charge in [-0.15, -0.1) is 0 Å². The molecule has 7 nitrogen and oxygen atoms in total. The molecule has 0 saturated heterocycles. The fraction of sp³-hybridized carbons (Fsp3) is 0.519. The molecule has 0 radical (unpaired) electrons. The van der Waals surface area contributed by atoms with Gasteiger partial charge >= 0.3 is 0 Å². The van der Waals surface area contributed by atoms with E-state index in [1.165, 1.54) is 14.2 Å². The lowest BCUT2D eigenvalue weighted by Gasteiger charge is -2.34. The van der Waals surface area contributed by atoms with Crippen LogP contribution in [0.4, 0.5) is 0 Å². The summed E-state index contributed by atoms with van der Waals surface area (Å²) in [4.78, 5) is 15.9. The predicted octanol–water partition coefficient (Wildman–Crippen LogP) is 3.31. The van der Waals surface area contributed by atoms with Gasteiger partial charge in [-0.1, -0.05) is 0 Å². The van der Waals surface area contributed by atoms with Crippen LogP contribution in [0.3, 0.4) is 0 Å². The summed E-state index contributed by atoms with van der Waals surface area (Å²) in [7, 11) is 7.70. The Hall–Kier alpha value is -2.93. The first-order valence-corrected chi connectivity index (χ1v) is 11.5. The summed E-state index contributed by atoms with van der Waals surface area (Å²) >= 11 is 0. The van der Waals surface area contributed by atoms with E-state index in [1.807, 2.05) is 18.2 Å². The van der Waals surface area contributed by atoms with Crippen LogP contribution >= 0.6 is 0 Å². The van der Waals surface area contributed by atoms with Crippen LogP contribution in [0, 0.1) is 0 Å². The summed E-state index contributed by atoms with van der Waals surface area (Å²) < 4.78 is 56.6. The van der Waals surface area contributed by atoms with E-state index in [-0.39, 0.29) is 25.3 Å². The van der Waals surface area contributed by atoms with Gasteiger partial charge in [-0.2, -0.15) is 0 Å². The Kier molecular flexibility index (Phi) is 6.02. The van der Waals surface area contributed by atoms with Gasteiger partial charge in [-0.05, 0) is 79.3 Å². The smallest absolute Gasteiger partial charge is 0.227 e. The number of ether oxygens (including phenoxy) is 4. The molecule has 2 aromatic carbocycles. The molecule has 2 aliphatic rings. The summed E-state index contributed by atoms with van der Waals surface area (Å²) in [6.45, 7) is -3.31. The number of likely N-dealkylation sites (N-methyl/N-ethyl adjacent to an activating group) is 1. The minimum Gasteiger partial charge on any atom is -0.493 e. The van der Waals surface area contributed by atoms with Gasteiger partial charge in [0, 0.05) is 31.0 Å². The molecule has 184 valence electrons. The molecule has 0 aromatic heterocycles. The van der Waals surface area contributed by atoms with Gasteiger partial charge < -0.3 is 28.7 Å². The van der Waals surface area contributed by atoms with E-state index in [1.54, 1.807) is 32.3 Å². The van der Waals surface area contributed by atoms with Gasteiger partial charge in [0.25, 0.3) is 0 Å². The van der Waals surface area contributed by atoms with Crippen LogP contribution in [0.2, 0.25) is 0 Å². The van der Waals surface area contributed by atoms with Crippen molar-refractivity contribution in [3.8, 4) is 23.0 Å². The Morgan fingerprint density at radius 3 is 2.18 bits per heavy atom. The molecule has 0 saturated carbocycles. The van der Waals surface area contributed by atoms with Crippen molar-refractivity contribution >= 4 is 5.91 Å². The number of carbonyl (C=O) groups is 1. The number of rotatable bonds is 10. The molecule has 1 atom stereocenters. The Morgan fingerprint density at radius 1 is 0.941 bits per heavy atom. The Labute approximate surface area is 208 Å². The Bertz CT molecular complexity index is 1210. The first-order valence-electron chi connectivity index (χ1n) is 13.5. The highest BCUT2D eigenvalue weighted by Gasteiger charge is 2.29. The number of fused-ring (bicyclic) bond motifs is 2. The van der Waals surface area contributed by atoms with Gasteiger partial charge in [0.15, 0.2) is 23.0 Å². The summed E-state index contributed by atoms with van der Waals surface area (Å²) in [6, 6.07) is 7.36. The van der Waals surface area contributed by atoms with Crippen LogP contribution < -0.4 is 18.9 Å². The van der Waals surface area contributed by atoms with Crippen LogP contribution in [0.15, 0.2) is 24.3 Å². The van der Waals surface area contributed by atoms with Crippen molar-refractivity contribution < 1.29 is 29.2 Å². The van der Waals surface area contributed by atoms with Crippen LogP contribution in [-0.4, -0.2) is 77.3 Å². The normalized spacial score (nSPS) is 19.5. The van der Waals surface area contributed by atoms with Gasteiger partial charge in [-0.3, -0.25) is 4.79 Å². The lowest BCUT2D eigenvalue weighted by Crippen LogP contribution is -2.36. The molecule has 0 bridgehead atoms. The standard InChI is InChI=1S/C27H36N2O5/c1-28(17-21-11-20-14-25(33-4)26(34-5)16-22(20)21)8-6-9-29-10-7-18-12-23(31-2)24(32-3)13-19(18)15-27(29)30/h12-14,16,21H,6-11,15,17H2,1-5H3/t21-/m1/s1/i8D2,17D2. The van der Waals surface area contributed by atoms with E-state index in [0.29, 0.717) is 42.4 Å². The van der Waals surface area contributed by atoms with E-state index in [4.69, 9.17) is 24.4 Å². The lowest BCUT2D eigenvalue weighted by atomic mass is 9.77. The van der Waals surface area contributed by atoms with E-state index < -0.39 is 18.9 Å². The quantitative estimate of drug-likeness (QED) is 0.529. The second kappa shape index (κ2) is 10.6. The number of nitrogens with zero attached hydrogens (tertiary/aromatic N) is 2. The summed E-state index contributed by atoms with van der Waals surface area (Å²) in [5.74, 6) is 1.69. The molecule has 4 rings (SSSR count). The maximum atomic E-state index is 13.1. The molecule has 34 heavy (non-hydrogen) atoms. The molecule has 2 aromatic rings. The first kappa shape index (κ1) is 19.4. The average molecular weight is 473 g/mol. The van der Waals surface area contributed by atoms with Crippen LogP contribution in [-0.2, 0) is 24.1 Å². The fourth-order valence-corrected chi connectivity index (χ4v) is 4.64. The monoisotopic (exact) mass is 472 g/mol. The van der Waals surface area contributed by atoms with Gasteiger partial charge in [0.1, 0.15) is 0 Å². The summed E-state index contributed by atoms with van der Waals surface area (Å²) in [6.07, 6.45) is 1.26. The lowest BCUT2D eigenvalue weighted by molar-refractivity contribution is -0.130. The van der Waals surface area contributed by atoms with Crippen molar-refractivity contribution in [3.05, 3.63) is 46.5 Å². The third kappa shape index (κ3) is 4.94. The zero-order chi connectivity index (χ0) is 27.8. The van der Waals surface area contributed by atoms with Gasteiger partial charge in [0.2, 0.25) is 5.91 Å². The molecular weight excluding hydrogens is 432 g/mol. The van der Waals surface area contributed by atoms with E-state index >= 15 is 0 Å². The third-order valence-electron chi connectivity index (χ3n) is 6.58. The third-order valence-corrected chi connectivity index (χ3v) is 6.58. The maximum Gasteiger partial charge on any atom is 0.227 e. The molecule has 7 heteroatoms. The maximum absolute atomic E-state index is 13.1. The number of hydrogen-bond donors (Lipinski definition) is 0. The van der Waals surface area contributed by atoms with Crippen LogP contribution in [0.1, 0.15) is 40.1 Å². The highest BCUT2D eigenvalue weighted by Crippen LogP contribution is 2.42. The predicted molar refractivity (Wildman–Crippen MR) is 132 cm³/mol. The molecular formula is C27H36N2O5. The molecule has 1 aliphatic carbocycles. The molecule has 0 spiro atoms. The van der Waals surface area contributed by atoms with Crippen molar-refractivity contribution in [2.45, 2.75) is 31.6 Å². The number of benzene rings is 2. The summed E-state index contributed by atoms with van der Waals surface area (Å²) in [5, 5.41) is 0. The summed E-state index contributed by atoms with van der Waals surface area (Å²) in [5.41, 5.74) is 3.64. The van der Waals surface area contributed by atoms with Crippen LogP contribution in [0.25, 0.3) is 0 Å². The second-order valence-electron chi connectivity index (χ2n) is 8.54. The van der Waals surface area contributed by atoms with Crippen molar-refractivity contribution in [1.29, 1.82) is 0 Å². The zero-order valence-corrected chi connectivity index (χ0v) is 20.6. The Balaban J connectivity index is 1.44. The molecule has 0 unspecified atom stereocenters. The second-order valence-corrected chi connectivity index (χ2v) is 8.54. The average Bonchev–Trinajstić information content (AvgIpc) is 3.03. The number of hydrogen-bond acceptors (Lipinski definition) is 6. The van der Waals surface area contributed by atoms with Crippen molar-refractivity contribution in [3.63, 3.8) is 0 Å². The van der Waals surface area contributed by atoms with Gasteiger partial charge in [-0.25, -0.2) is 0 Å². The largest absolute Gasteiger partial charge is 0.493 e. The number of methoxy groups -OCH3 is 4. The van der Waals surface area contributed by atoms with Crippen molar-refractivity contribution in [2.75, 3.05) is 61.6 Å². The van der Waals surface area contributed by atoms with Gasteiger partial charge in [0.05, 0.1) is 34.9 Å². The van der Waals surface area contributed by atoms with Crippen molar-refractivity contribution in [1.82, 2.24) is 9.80 Å². The molecule has 1 heterocycles. The first-order chi connectivity index (χ1) is 18.0. The molecule has 0 fully saturated rings. The van der Waals surface area contributed by atoms with E-state index in [9.17, 15) is 4.79 Å². The minimum atomic E-state index is -1.98.